The molecule has 6 nitrogen and oxygen atoms in total. The van der Waals surface area contributed by atoms with Gasteiger partial charge in [0.1, 0.15) is 11.2 Å². The molecule has 1 fully saturated rings. The number of hydrogen-bond acceptors (Lipinski definition) is 4. The minimum Gasteiger partial charge on any atom is -0.351 e. The third-order valence-electron chi connectivity index (χ3n) is 4.56. The first-order chi connectivity index (χ1) is 11.8. The van der Waals surface area contributed by atoms with Crippen molar-refractivity contribution in [3.8, 4) is 0 Å². The largest absolute Gasteiger partial charge is 0.351 e. The molecule has 2 aromatic rings. The van der Waals surface area contributed by atoms with Crippen molar-refractivity contribution in [3.63, 3.8) is 0 Å². The highest BCUT2D eigenvalue weighted by atomic mass is 35.5. The number of nitrogens with zero attached hydrogens (tertiary/aromatic N) is 2. The van der Waals surface area contributed by atoms with Crippen LogP contribution < -0.4 is 16.2 Å². The van der Waals surface area contributed by atoms with E-state index in [1.165, 1.54) is 49.1 Å². The Balaban J connectivity index is 0.00000225. The van der Waals surface area contributed by atoms with Gasteiger partial charge in [-0.3, -0.25) is 14.0 Å². The third kappa shape index (κ3) is 5.03. The number of aromatic nitrogens is 2. The topological polar surface area (TPSA) is 75.5 Å². The summed E-state index contributed by atoms with van der Waals surface area (Å²) in [5.41, 5.74) is 0.275. The van der Waals surface area contributed by atoms with Crippen LogP contribution in [0.2, 0.25) is 0 Å². The van der Waals surface area contributed by atoms with E-state index in [0.717, 1.165) is 6.54 Å². The summed E-state index contributed by atoms with van der Waals surface area (Å²) in [7, 11) is 0. The predicted octanol–water partition coefficient (Wildman–Crippen LogP) is 2.16. The zero-order valence-electron chi connectivity index (χ0n) is 14.2. The predicted molar refractivity (Wildman–Crippen MR) is 101 cm³/mol. The number of fused-ring (bicyclic) bond motifs is 1. The second-order valence-corrected chi connectivity index (χ2v) is 6.30. The Morgan fingerprint density at radius 1 is 1.16 bits per heavy atom. The molecule has 0 atom stereocenters. The zero-order valence-corrected chi connectivity index (χ0v) is 15.1. The van der Waals surface area contributed by atoms with Crippen LogP contribution in [0, 0.1) is 0 Å². The maximum absolute atomic E-state index is 12.3. The standard InChI is InChI=1S/C18H24N4O2.ClH/c23-17(20-11-10-19-14-7-3-1-2-4-8-14)15-13-21-16-9-5-6-12-22(16)18(15)24;/h5-6,9,12-14,19H,1-4,7-8,10-11H2,(H,20,23);1H. The van der Waals surface area contributed by atoms with E-state index in [1.807, 2.05) is 0 Å². The molecule has 2 N–H and O–H groups in total. The Kier molecular flexibility index (Phi) is 7.40. The highest BCUT2D eigenvalue weighted by Gasteiger charge is 2.14. The molecule has 25 heavy (non-hydrogen) atoms. The number of hydrogen-bond donors (Lipinski definition) is 2. The maximum Gasteiger partial charge on any atom is 0.270 e. The fourth-order valence-electron chi connectivity index (χ4n) is 3.21. The second kappa shape index (κ2) is 9.53. The van der Waals surface area contributed by atoms with Crippen molar-refractivity contribution in [3.05, 3.63) is 46.5 Å². The smallest absolute Gasteiger partial charge is 0.270 e. The van der Waals surface area contributed by atoms with Crippen LogP contribution in [-0.2, 0) is 0 Å². The van der Waals surface area contributed by atoms with E-state index in [1.54, 1.807) is 24.4 Å². The lowest BCUT2D eigenvalue weighted by Crippen LogP contribution is -2.38. The molecule has 136 valence electrons. The fraction of sp³-hybridized carbons (Fsp3) is 0.500. The maximum atomic E-state index is 12.3. The van der Waals surface area contributed by atoms with E-state index < -0.39 is 0 Å². The molecule has 1 aliphatic carbocycles. The Bertz CT molecular complexity index is 754. The van der Waals surface area contributed by atoms with Crippen LogP contribution >= 0.6 is 12.4 Å². The van der Waals surface area contributed by atoms with E-state index in [4.69, 9.17) is 0 Å². The van der Waals surface area contributed by atoms with Gasteiger partial charge >= 0.3 is 0 Å². The van der Waals surface area contributed by atoms with E-state index in [9.17, 15) is 9.59 Å². The summed E-state index contributed by atoms with van der Waals surface area (Å²) in [6.07, 6.45) is 10.6. The molecule has 0 aromatic carbocycles. The lowest BCUT2D eigenvalue weighted by molar-refractivity contribution is 0.0951. The number of pyridine rings is 1. The van der Waals surface area contributed by atoms with Crippen molar-refractivity contribution in [2.24, 2.45) is 0 Å². The van der Waals surface area contributed by atoms with Gasteiger partial charge in [0.25, 0.3) is 11.5 Å². The van der Waals surface area contributed by atoms with Gasteiger partial charge in [-0.25, -0.2) is 4.98 Å². The van der Waals surface area contributed by atoms with Crippen LogP contribution in [0.25, 0.3) is 5.65 Å². The molecule has 1 aliphatic rings. The number of nitrogens with one attached hydrogen (secondary N) is 2. The van der Waals surface area contributed by atoms with Gasteiger partial charge in [-0.1, -0.05) is 31.7 Å². The number of rotatable bonds is 5. The van der Waals surface area contributed by atoms with Gasteiger partial charge in [0, 0.05) is 31.5 Å². The molecular weight excluding hydrogens is 340 g/mol. The number of halogens is 1. The molecule has 0 spiro atoms. The highest BCUT2D eigenvalue weighted by molar-refractivity contribution is 5.93. The van der Waals surface area contributed by atoms with E-state index in [0.29, 0.717) is 18.2 Å². The molecule has 0 aliphatic heterocycles. The van der Waals surface area contributed by atoms with Gasteiger partial charge < -0.3 is 10.6 Å². The summed E-state index contributed by atoms with van der Waals surface area (Å²) in [5.74, 6) is -0.367. The molecule has 0 saturated heterocycles. The van der Waals surface area contributed by atoms with Crippen molar-refractivity contribution in [2.45, 2.75) is 44.6 Å². The van der Waals surface area contributed by atoms with Gasteiger partial charge in [0.2, 0.25) is 0 Å². The molecule has 1 saturated carbocycles. The van der Waals surface area contributed by atoms with Crippen molar-refractivity contribution in [1.29, 1.82) is 0 Å². The minimum atomic E-state index is -0.367. The highest BCUT2D eigenvalue weighted by Crippen LogP contribution is 2.16. The monoisotopic (exact) mass is 364 g/mol. The molecule has 7 heteroatoms. The zero-order chi connectivity index (χ0) is 16.8. The summed E-state index contributed by atoms with van der Waals surface area (Å²) in [6, 6.07) is 5.84. The summed E-state index contributed by atoms with van der Waals surface area (Å²) >= 11 is 0. The Labute approximate surface area is 153 Å². The summed E-state index contributed by atoms with van der Waals surface area (Å²) in [4.78, 5) is 28.7. The summed E-state index contributed by atoms with van der Waals surface area (Å²) < 4.78 is 1.39. The second-order valence-electron chi connectivity index (χ2n) is 6.30. The molecule has 1 amide bonds. The van der Waals surface area contributed by atoms with E-state index in [-0.39, 0.29) is 29.4 Å². The average Bonchev–Trinajstić information content (AvgIpc) is 2.88. The molecule has 3 rings (SSSR count). The molecule has 2 aromatic heterocycles. The van der Waals surface area contributed by atoms with Crippen molar-refractivity contribution < 1.29 is 4.79 Å². The molecular formula is C18H25ClN4O2. The van der Waals surface area contributed by atoms with Gasteiger partial charge in [-0.15, -0.1) is 12.4 Å². The first-order valence-corrected chi connectivity index (χ1v) is 8.74. The first kappa shape index (κ1) is 19.4. The summed E-state index contributed by atoms with van der Waals surface area (Å²) in [5, 5.41) is 6.30. The molecule has 0 unspecified atom stereocenters. The minimum absolute atomic E-state index is 0. The number of carbonyl (C=O) groups excluding carboxylic acids is 1. The third-order valence-corrected chi connectivity index (χ3v) is 4.56. The van der Waals surface area contributed by atoms with Crippen molar-refractivity contribution in [2.75, 3.05) is 13.1 Å². The number of carbonyl (C=O) groups is 1. The SMILES string of the molecule is Cl.O=C(NCCNC1CCCCCC1)c1cnc2ccccn2c1=O. The van der Waals surface area contributed by atoms with E-state index >= 15 is 0 Å². The fourth-order valence-corrected chi connectivity index (χ4v) is 3.21. The van der Waals surface area contributed by atoms with Crippen LogP contribution in [0.5, 0.6) is 0 Å². The van der Waals surface area contributed by atoms with Gasteiger partial charge in [0.05, 0.1) is 0 Å². The van der Waals surface area contributed by atoms with Crippen LogP contribution in [-0.4, -0.2) is 34.4 Å². The van der Waals surface area contributed by atoms with Gasteiger partial charge in [0.15, 0.2) is 0 Å². The normalized spacial score (nSPS) is 15.4. The van der Waals surface area contributed by atoms with E-state index in [2.05, 4.69) is 15.6 Å². The summed E-state index contributed by atoms with van der Waals surface area (Å²) in [6.45, 7) is 1.23. The Morgan fingerprint density at radius 2 is 1.92 bits per heavy atom. The number of amides is 1. The van der Waals surface area contributed by atoms with Crippen molar-refractivity contribution in [1.82, 2.24) is 20.0 Å². The lowest BCUT2D eigenvalue weighted by Gasteiger charge is -2.16. The Morgan fingerprint density at radius 3 is 2.68 bits per heavy atom. The molecule has 0 bridgehead atoms. The first-order valence-electron chi connectivity index (χ1n) is 8.74. The Hall–Kier alpha value is -1.92. The van der Waals surface area contributed by atoms with Crippen molar-refractivity contribution >= 4 is 24.0 Å². The average molecular weight is 365 g/mol. The molecule has 2 heterocycles. The van der Waals surface area contributed by atoms with Gasteiger partial charge in [-0.05, 0) is 25.0 Å². The quantitative estimate of drug-likeness (QED) is 0.629. The van der Waals surface area contributed by atoms with Crippen LogP contribution in [0.3, 0.4) is 0 Å². The van der Waals surface area contributed by atoms with Crippen LogP contribution in [0.1, 0.15) is 48.9 Å². The lowest BCUT2D eigenvalue weighted by atomic mass is 10.1. The van der Waals surface area contributed by atoms with Crippen LogP contribution in [0.4, 0.5) is 0 Å². The molecule has 0 radical (unpaired) electrons. The van der Waals surface area contributed by atoms with Gasteiger partial charge in [-0.2, -0.15) is 0 Å². The van der Waals surface area contributed by atoms with Crippen LogP contribution in [0.15, 0.2) is 35.4 Å².